The standard InChI is InChI=1S/C18H27F3N2O3Si/c1-17(2,3)27(4,5)26-11-10-14(15(22)24)23-16(25)12-8-6-7-9-13(12)18(19,20)21/h6-9,14H,10-11H2,1-5H3,(H2,22,24)(H,23,25)/t14-/m1/s1. The maximum Gasteiger partial charge on any atom is 0.417 e. The van der Waals surface area contributed by atoms with Crippen LogP contribution in [0.3, 0.4) is 0 Å². The fourth-order valence-corrected chi connectivity index (χ4v) is 3.16. The number of rotatable bonds is 7. The SMILES string of the molecule is CC(C)(C)[Si](C)(C)OCC[C@@H](NC(=O)c1ccccc1C(F)(F)F)C(N)=O. The number of primary amides is 1. The van der Waals surface area contributed by atoms with Gasteiger partial charge in [0.25, 0.3) is 5.91 Å². The molecule has 1 aromatic carbocycles. The van der Waals surface area contributed by atoms with Gasteiger partial charge in [-0.25, -0.2) is 0 Å². The van der Waals surface area contributed by atoms with Gasteiger partial charge < -0.3 is 15.5 Å². The van der Waals surface area contributed by atoms with E-state index >= 15 is 0 Å². The first-order valence-electron chi connectivity index (χ1n) is 8.57. The molecule has 1 atom stereocenters. The van der Waals surface area contributed by atoms with Crippen LogP contribution in [0.1, 0.15) is 43.1 Å². The van der Waals surface area contributed by atoms with Gasteiger partial charge in [-0.1, -0.05) is 32.9 Å². The Bertz CT molecular complexity index is 685. The number of benzene rings is 1. The first kappa shape index (κ1) is 23.2. The van der Waals surface area contributed by atoms with Gasteiger partial charge in [-0.3, -0.25) is 9.59 Å². The van der Waals surface area contributed by atoms with E-state index < -0.39 is 43.5 Å². The lowest BCUT2D eigenvalue weighted by atomic mass is 10.1. The van der Waals surface area contributed by atoms with Gasteiger partial charge >= 0.3 is 6.18 Å². The van der Waals surface area contributed by atoms with Crippen molar-refractivity contribution >= 4 is 20.1 Å². The van der Waals surface area contributed by atoms with E-state index in [9.17, 15) is 22.8 Å². The summed E-state index contributed by atoms with van der Waals surface area (Å²) in [6.45, 7) is 10.4. The number of alkyl halides is 3. The zero-order chi connectivity index (χ0) is 21.0. The predicted molar refractivity (Wildman–Crippen MR) is 99.7 cm³/mol. The van der Waals surface area contributed by atoms with Crippen LogP contribution in [0.15, 0.2) is 24.3 Å². The third-order valence-corrected chi connectivity index (χ3v) is 9.34. The second kappa shape index (κ2) is 8.43. The quantitative estimate of drug-likeness (QED) is 0.680. The molecular formula is C18H27F3N2O3Si. The average molecular weight is 405 g/mol. The first-order chi connectivity index (χ1) is 12.2. The normalized spacial score (nSPS) is 13.9. The molecule has 0 aliphatic heterocycles. The minimum atomic E-state index is -4.68. The van der Waals surface area contributed by atoms with Crippen LogP contribution in [0.4, 0.5) is 13.2 Å². The lowest BCUT2D eigenvalue weighted by molar-refractivity contribution is -0.137. The van der Waals surface area contributed by atoms with Gasteiger partial charge in [-0.15, -0.1) is 0 Å². The summed E-state index contributed by atoms with van der Waals surface area (Å²) in [6.07, 6.45) is -4.59. The smallest absolute Gasteiger partial charge is 0.417 e. The van der Waals surface area contributed by atoms with E-state index in [1.54, 1.807) is 0 Å². The molecule has 0 unspecified atom stereocenters. The Hall–Kier alpha value is -1.87. The summed E-state index contributed by atoms with van der Waals surface area (Å²) in [7, 11) is -2.06. The van der Waals surface area contributed by atoms with Crippen molar-refractivity contribution in [2.24, 2.45) is 5.73 Å². The molecule has 2 amide bonds. The summed E-state index contributed by atoms with van der Waals surface area (Å²) in [4.78, 5) is 23.9. The van der Waals surface area contributed by atoms with Gasteiger partial charge in [0, 0.05) is 6.61 Å². The molecule has 0 radical (unpaired) electrons. The predicted octanol–water partition coefficient (Wildman–Crippen LogP) is 3.70. The van der Waals surface area contributed by atoms with Crippen LogP contribution in [-0.2, 0) is 15.4 Å². The van der Waals surface area contributed by atoms with Crippen LogP contribution >= 0.6 is 0 Å². The summed E-state index contributed by atoms with van der Waals surface area (Å²) in [6, 6.07) is 3.27. The van der Waals surface area contributed by atoms with Gasteiger partial charge in [0.15, 0.2) is 8.32 Å². The largest absolute Gasteiger partial charge is 0.417 e. The third kappa shape index (κ3) is 6.35. The highest BCUT2D eigenvalue weighted by atomic mass is 28.4. The molecule has 0 bridgehead atoms. The number of nitrogens with one attached hydrogen (secondary N) is 1. The lowest BCUT2D eigenvalue weighted by Crippen LogP contribution is -2.47. The number of halogens is 3. The van der Waals surface area contributed by atoms with E-state index in [0.717, 1.165) is 12.1 Å². The van der Waals surface area contributed by atoms with Crippen molar-refractivity contribution in [2.45, 2.75) is 57.5 Å². The Morgan fingerprint density at radius 2 is 1.74 bits per heavy atom. The van der Waals surface area contributed by atoms with E-state index in [-0.39, 0.29) is 18.1 Å². The zero-order valence-corrected chi connectivity index (χ0v) is 17.2. The van der Waals surface area contributed by atoms with E-state index in [0.29, 0.717) is 0 Å². The summed E-state index contributed by atoms with van der Waals surface area (Å²) >= 11 is 0. The molecular weight excluding hydrogens is 377 g/mol. The first-order valence-corrected chi connectivity index (χ1v) is 11.5. The van der Waals surface area contributed by atoms with Gasteiger partial charge in [0.05, 0.1) is 11.1 Å². The van der Waals surface area contributed by atoms with Crippen molar-refractivity contribution in [1.82, 2.24) is 5.32 Å². The Labute approximate surface area is 158 Å². The van der Waals surface area contributed by atoms with Crippen molar-refractivity contribution in [3.05, 3.63) is 35.4 Å². The molecule has 0 saturated heterocycles. The van der Waals surface area contributed by atoms with Gasteiger partial charge in [0.2, 0.25) is 5.91 Å². The number of nitrogens with two attached hydrogens (primary N) is 1. The zero-order valence-electron chi connectivity index (χ0n) is 16.2. The molecule has 0 aromatic heterocycles. The van der Waals surface area contributed by atoms with Crippen LogP contribution < -0.4 is 11.1 Å². The molecule has 3 N–H and O–H groups in total. The van der Waals surface area contributed by atoms with Crippen LogP contribution in [0.5, 0.6) is 0 Å². The Balaban J connectivity index is 2.85. The van der Waals surface area contributed by atoms with Crippen molar-refractivity contribution < 1.29 is 27.2 Å². The number of hydrogen-bond acceptors (Lipinski definition) is 3. The van der Waals surface area contributed by atoms with Gasteiger partial charge in [0.1, 0.15) is 6.04 Å². The van der Waals surface area contributed by atoms with E-state index in [2.05, 4.69) is 26.1 Å². The molecule has 0 saturated carbocycles. The van der Waals surface area contributed by atoms with Crippen molar-refractivity contribution in [3.63, 3.8) is 0 Å². The van der Waals surface area contributed by atoms with Crippen molar-refractivity contribution in [1.29, 1.82) is 0 Å². The topological polar surface area (TPSA) is 81.4 Å². The molecule has 0 fully saturated rings. The molecule has 152 valence electrons. The summed E-state index contributed by atoms with van der Waals surface area (Å²) in [5.41, 5.74) is 3.68. The highest BCUT2D eigenvalue weighted by Crippen LogP contribution is 2.36. The lowest BCUT2D eigenvalue weighted by Gasteiger charge is -2.36. The average Bonchev–Trinajstić information content (AvgIpc) is 2.51. The number of carbonyl (C=O) groups excluding carboxylic acids is 2. The highest BCUT2D eigenvalue weighted by Gasteiger charge is 2.38. The molecule has 0 spiro atoms. The molecule has 27 heavy (non-hydrogen) atoms. The molecule has 1 aromatic rings. The third-order valence-electron chi connectivity index (χ3n) is 4.80. The summed E-state index contributed by atoms with van der Waals surface area (Å²) < 4.78 is 45.1. The van der Waals surface area contributed by atoms with E-state index in [4.69, 9.17) is 10.2 Å². The number of amides is 2. The number of hydrogen-bond donors (Lipinski definition) is 2. The second-order valence-electron chi connectivity index (χ2n) is 7.87. The molecule has 5 nitrogen and oxygen atoms in total. The molecule has 9 heteroatoms. The van der Waals surface area contributed by atoms with Crippen LogP contribution in [0.2, 0.25) is 18.1 Å². The summed E-state index contributed by atoms with van der Waals surface area (Å²) in [5, 5.41) is 2.25. The highest BCUT2D eigenvalue weighted by molar-refractivity contribution is 6.74. The van der Waals surface area contributed by atoms with E-state index in [1.165, 1.54) is 12.1 Å². The Morgan fingerprint density at radius 1 is 1.19 bits per heavy atom. The van der Waals surface area contributed by atoms with Crippen LogP contribution in [0.25, 0.3) is 0 Å². The fourth-order valence-electron chi connectivity index (χ4n) is 2.10. The Morgan fingerprint density at radius 3 is 2.22 bits per heavy atom. The molecule has 0 aliphatic carbocycles. The van der Waals surface area contributed by atoms with Gasteiger partial charge in [-0.2, -0.15) is 13.2 Å². The van der Waals surface area contributed by atoms with Crippen molar-refractivity contribution in [2.75, 3.05) is 6.61 Å². The molecule has 1 rings (SSSR count). The number of carbonyl (C=O) groups is 2. The summed E-state index contributed by atoms with van der Waals surface area (Å²) in [5.74, 6) is -1.83. The second-order valence-corrected chi connectivity index (χ2v) is 12.7. The maximum absolute atomic E-state index is 13.1. The van der Waals surface area contributed by atoms with Crippen LogP contribution in [0, 0.1) is 0 Å². The molecule has 0 aliphatic rings. The van der Waals surface area contributed by atoms with Gasteiger partial charge in [-0.05, 0) is 36.7 Å². The van der Waals surface area contributed by atoms with Crippen molar-refractivity contribution in [3.8, 4) is 0 Å². The van der Waals surface area contributed by atoms with Crippen LogP contribution in [-0.4, -0.2) is 32.8 Å². The Kier molecular flexibility index (Phi) is 7.23. The fraction of sp³-hybridized carbons (Fsp3) is 0.556. The minimum absolute atomic E-state index is 0.0376. The molecule has 0 heterocycles. The monoisotopic (exact) mass is 404 g/mol. The van der Waals surface area contributed by atoms with E-state index in [1.807, 2.05) is 13.1 Å². The maximum atomic E-state index is 13.1. The minimum Gasteiger partial charge on any atom is -0.417 e.